The number of carbonyl (C=O) groups is 1. The lowest BCUT2D eigenvalue weighted by Gasteiger charge is -2.24. The Balaban J connectivity index is 1.78. The van der Waals surface area contributed by atoms with Gasteiger partial charge in [-0.2, -0.15) is 0 Å². The molecule has 0 aromatic heterocycles. The van der Waals surface area contributed by atoms with Crippen molar-refractivity contribution in [1.82, 2.24) is 0 Å². The Morgan fingerprint density at radius 3 is 2.69 bits per heavy atom. The molecule has 7 heteroatoms. The fourth-order valence-electron chi connectivity index (χ4n) is 3.38. The number of primary sulfonamides is 1. The van der Waals surface area contributed by atoms with Gasteiger partial charge in [-0.15, -0.1) is 0 Å². The molecule has 0 spiro atoms. The third-order valence-corrected chi connectivity index (χ3v) is 5.63. The maximum absolute atomic E-state index is 12.5. The van der Waals surface area contributed by atoms with Gasteiger partial charge in [0.2, 0.25) is 15.9 Å². The lowest BCUT2D eigenvalue weighted by molar-refractivity contribution is -0.115. The Morgan fingerprint density at radius 1 is 1.27 bits per heavy atom. The van der Waals surface area contributed by atoms with E-state index in [0.29, 0.717) is 6.42 Å². The number of nitrogens with zero attached hydrogens (tertiary/aromatic N) is 1. The highest BCUT2D eigenvalue weighted by Crippen LogP contribution is 2.33. The number of hydrogen-bond acceptors (Lipinski definition) is 4. The highest BCUT2D eigenvalue weighted by Gasteiger charge is 2.28. The predicted octanol–water partition coefficient (Wildman–Crippen LogP) is 2.29. The first-order valence-electron chi connectivity index (χ1n) is 8.59. The molecule has 0 saturated carbocycles. The zero-order valence-corrected chi connectivity index (χ0v) is 15.7. The highest BCUT2D eigenvalue weighted by molar-refractivity contribution is 7.89. The van der Waals surface area contributed by atoms with Gasteiger partial charge in [0.15, 0.2) is 0 Å². The standard InChI is InChI=1S/C19H23N3O3S/c1-3-14-6-4-5-7-17(14)21-19(23)12-22-13(2)10-15-11-16(26(20,24)25)8-9-18(15)22/h4-9,11,13H,3,10,12H2,1-2H3,(H,21,23)(H2,20,24,25)/t13-/m0/s1. The van der Waals surface area contributed by atoms with E-state index in [4.69, 9.17) is 5.14 Å². The minimum absolute atomic E-state index is 0.0962. The number of para-hydroxylation sites is 1. The van der Waals surface area contributed by atoms with Crippen molar-refractivity contribution in [2.75, 3.05) is 16.8 Å². The molecule has 2 aromatic rings. The first kappa shape index (κ1) is 18.4. The van der Waals surface area contributed by atoms with Crippen LogP contribution < -0.4 is 15.4 Å². The quantitative estimate of drug-likeness (QED) is 0.841. The van der Waals surface area contributed by atoms with Gasteiger partial charge in [-0.3, -0.25) is 4.79 Å². The summed E-state index contributed by atoms with van der Waals surface area (Å²) >= 11 is 0. The Kier molecular flexibility index (Phi) is 5.02. The summed E-state index contributed by atoms with van der Waals surface area (Å²) in [5, 5.41) is 8.19. The fraction of sp³-hybridized carbons (Fsp3) is 0.316. The zero-order valence-electron chi connectivity index (χ0n) is 14.9. The van der Waals surface area contributed by atoms with Crippen LogP contribution in [0, 0.1) is 0 Å². The van der Waals surface area contributed by atoms with Crippen LogP contribution in [0.5, 0.6) is 0 Å². The van der Waals surface area contributed by atoms with Gasteiger partial charge in [0.05, 0.1) is 11.4 Å². The maximum atomic E-state index is 12.5. The molecular formula is C19H23N3O3S. The summed E-state index contributed by atoms with van der Waals surface area (Å²) < 4.78 is 23.1. The number of fused-ring (bicyclic) bond motifs is 1. The number of benzene rings is 2. The molecule has 0 saturated heterocycles. The van der Waals surface area contributed by atoms with E-state index in [9.17, 15) is 13.2 Å². The van der Waals surface area contributed by atoms with Crippen LogP contribution in [0.4, 0.5) is 11.4 Å². The van der Waals surface area contributed by atoms with Gasteiger partial charge in [-0.05, 0) is 55.2 Å². The molecule has 26 heavy (non-hydrogen) atoms. The molecule has 0 fully saturated rings. The summed E-state index contributed by atoms with van der Waals surface area (Å²) in [7, 11) is -3.73. The second-order valence-electron chi connectivity index (χ2n) is 6.58. The molecule has 6 nitrogen and oxygen atoms in total. The number of hydrogen-bond donors (Lipinski definition) is 2. The van der Waals surface area contributed by atoms with E-state index in [2.05, 4.69) is 5.32 Å². The number of nitrogens with one attached hydrogen (secondary N) is 1. The van der Waals surface area contributed by atoms with Crippen molar-refractivity contribution >= 4 is 27.3 Å². The van der Waals surface area contributed by atoms with Crippen LogP contribution in [0.1, 0.15) is 25.0 Å². The van der Waals surface area contributed by atoms with E-state index in [-0.39, 0.29) is 23.4 Å². The Labute approximate surface area is 154 Å². The molecule has 0 aliphatic carbocycles. The van der Waals surface area contributed by atoms with Crippen LogP contribution in [-0.2, 0) is 27.7 Å². The summed E-state index contributed by atoms with van der Waals surface area (Å²) in [6.45, 7) is 4.28. The minimum atomic E-state index is -3.73. The van der Waals surface area contributed by atoms with Crippen LogP contribution in [0.2, 0.25) is 0 Å². The van der Waals surface area contributed by atoms with Gasteiger partial charge >= 0.3 is 0 Å². The summed E-state index contributed by atoms with van der Waals surface area (Å²) in [5.41, 5.74) is 3.69. The third kappa shape index (κ3) is 3.73. The first-order chi connectivity index (χ1) is 12.3. The maximum Gasteiger partial charge on any atom is 0.243 e. The van der Waals surface area contributed by atoms with Crippen LogP contribution in [-0.4, -0.2) is 26.9 Å². The van der Waals surface area contributed by atoms with E-state index in [1.807, 2.05) is 43.0 Å². The second-order valence-corrected chi connectivity index (χ2v) is 8.14. The van der Waals surface area contributed by atoms with Gasteiger partial charge < -0.3 is 10.2 Å². The first-order valence-corrected chi connectivity index (χ1v) is 10.1. The topological polar surface area (TPSA) is 92.5 Å². The monoisotopic (exact) mass is 373 g/mol. The Morgan fingerprint density at radius 2 is 2.00 bits per heavy atom. The van der Waals surface area contributed by atoms with Gasteiger partial charge in [-0.25, -0.2) is 13.6 Å². The van der Waals surface area contributed by atoms with E-state index >= 15 is 0 Å². The average Bonchev–Trinajstić information content (AvgIpc) is 2.89. The highest BCUT2D eigenvalue weighted by atomic mass is 32.2. The van der Waals surface area contributed by atoms with E-state index in [0.717, 1.165) is 28.9 Å². The molecule has 1 atom stereocenters. The molecule has 0 unspecified atom stereocenters. The van der Waals surface area contributed by atoms with E-state index < -0.39 is 10.0 Å². The molecule has 1 amide bonds. The average molecular weight is 373 g/mol. The van der Waals surface area contributed by atoms with Crippen LogP contribution in [0.25, 0.3) is 0 Å². The smallest absolute Gasteiger partial charge is 0.243 e. The number of anilines is 2. The fourth-order valence-corrected chi connectivity index (χ4v) is 3.95. The van der Waals surface area contributed by atoms with Crippen molar-refractivity contribution in [2.24, 2.45) is 5.14 Å². The minimum Gasteiger partial charge on any atom is -0.359 e. The number of nitrogens with two attached hydrogens (primary N) is 1. The van der Waals surface area contributed by atoms with Gasteiger partial charge in [0, 0.05) is 17.4 Å². The molecular weight excluding hydrogens is 350 g/mol. The van der Waals surface area contributed by atoms with Crippen molar-refractivity contribution in [1.29, 1.82) is 0 Å². The molecule has 2 aromatic carbocycles. The van der Waals surface area contributed by atoms with Gasteiger partial charge in [0.1, 0.15) is 0 Å². The lowest BCUT2D eigenvalue weighted by atomic mass is 10.1. The van der Waals surface area contributed by atoms with E-state index in [1.54, 1.807) is 12.1 Å². The van der Waals surface area contributed by atoms with Crippen molar-refractivity contribution in [3.05, 3.63) is 53.6 Å². The molecule has 1 heterocycles. The molecule has 0 radical (unpaired) electrons. The predicted molar refractivity (Wildman–Crippen MR) is 103 cm³/mol. The van der Waals surface area contributed by atoms with Gasteiger partial charge in [0.25, 0.3) is 0 Å². The summed E-state index contributed by atoms with van der Waals surface area (Å²) in [6, 6.07) is 12.7. The molecule has 1 aliphatic rings. The zero-order chi connectivity index (χ0) is 18.9. The van der Waals surface area contributed by atoms with Crippen molar-refractivity contribution in [2.45, 2.75) is 37.6 Å². The van der Waals surface area contributed by atoms with Crippen molar-refractivity contribution < 1.29 is 13.2 Å². The van der Waals surface area contributed by atoms with Crippen LogP contribution >= 0.6 is 0 Å². The second kappa shape index (κ2) is 7.09. The largest absolute Gasteiger partial charge is 0.359 e. The van der Waals surface area contributed by atoms with E-state index in [1.165, 1.54) is 6.07 Å². The Hall–Kier alpha value is -2.38. The number of carbonyl (C=O) groups excluding carboxylic acids is 1. The number of sulfonamides is 1. The lowest BCUT2D eigenvalue weighted by Crippen LogP contribution is -2.37. The molecule has 3 rings (SSSR count). The van der Waals surface area contributed by atoms with Gasteiger partial charge in [-0.1, -0.05) is 25.1 Å². The summed E-state index contributed by atoms with van der Waals surface area (Å²) in [4.78, 5) is 14.6. The summed E-state index contributed by atoms with van der Waals surface area (Å²) in [6.07, 6.45) is 1.52. The number of rotatable bonds is 5. The molecule has 1 aliphatic heterocycles. The summed E-state index contributed by atoms with van der Waals surface area (Å²) in [5.74, 6) is -0.0962. The SMILES string of the molecule is CCc1ccccc1NC(=O)CN1c2ccc(S(N)(=O)=O)cc2C[C@@H]1C. The number of aryl methyl sites for hydroxylation is 1. The Bertz CT molecular complexity index is 941. The van der Waals surface area contributed by atoms with Crippen LogP contribution in [0.15, 0.2) is 47.4 Å². The molecule has 3 N–H and O–H groups in total. The van der Waals surface area contributed by atoms with Crippen LogP contribution in [0.3, 0.4) is 0 Å². The molecule has 138 valence electrons. The number of amides is 1. The third-order valence-electron chi connectivity index (χ3n) is 4.72. The molecule has 0 bridgehead atoms. The normalized spacial score (nSPS) is 16.4. The van der Waals surface area contributed by atoms with Crippen molar-refractivity contribution in [3.8, 4) is 0 Å². The van der Waals surface area contributed by atoms with Crippen molar-refractivity contribution in [3.63, 3.8) is 0 Å².